The maximum atomic E-state index is 14.2. The molecular formula is C37H57N7O5. The summed E-state index contributed by atoms with van der Waals surface area (Å²) < 4.78 is 0. The molecule has 0 bridgehead atoms. The predicted octanol–water partition coefficient (Wildman–Crippen LogP) is 2.55. The number of nitrogens with two attached hydrogens (primary N) is 2. The van der Waals surface area contributed by atoms with Gasteiger partial charge in [-0.05, 0) is 93.9 Å². The molecule has 0 saturated carbocycles. The van der Waals surface area contributed by atoms with Crippen LogP contribution in [0.5, 0.6) is 5.75 Å². The quantitative estimate of drug-likeness (QED) is 0.0559. The molecule has 0 saturated heterocycles. The van der Waals surface area contributed by atoms with Crippen LogP contribution in [0.25, 0.3) is 0 Å². The summed E-state index contributed by atoms with van der Waals surface area (Å²) >= 11 is 0. The normalized spacial score (nSPS) is 13.9. The first-order chi connectivity index (χ1) is 23.4. The fourth-order valence-corrected chi connectivity index (χ4v) is 5.96. The van der Waals surface area contributed by atoms with E-state index >= 15 is 0 Å². The lowest BCUT2D eigenvalue weighted by Gasteiger charge is -2.26. The minimum Gasteiger partial charge on any atom is -0.508 e. The number of aliphatic imine (C=N–C) groups is 1. The summed E-state index contributed by atoms with van der Waals surface area (Å²) in [5, 5.41) is 22.1. The van der Waals surface area contributed by atoms with Gasteiger partial charge in [-0.2, -0.15) is 0 Å². The average molecular weight is 680 g/mol. The van der Waals surface area contributed by atoms with Crippen LogP contribution in [-0.2, 0) is 32.0 Å². The van der Waals surface area contributed by atoms with Crippen molar-refractivity contribution in [3.8, 4) is 5.75 Å². The second kappa shape index (κ2) is 21.5. The highest BCUT2D eigenvalue weighted by molar-refractivity contribution is 5.94. The van der Waals surface area contributed by atoms with Gasteiger partial charge >= 0.3 is 0 Å². The number of phenols is 1. The molecule has 2 aromatic carbocycles. The van der Waals surface area contributed by atoms with E-state index in [1.54, 1.807) is 19.2 Å². The van der Waals surface area contributed by atoms with E-state index in [1.165, 1.54) is 0 Å². The topological polar surface area (TPSA) is 201 Å². The van der Waals surface area contributed by atoms with Crippen molar-refractivity contribution in [2.24, 2.45) is 28.3 Å². The Kier molecular flexibility index (Phi) is 17.9. The summed E-state index contributed by atoms with van der Waals surface area (Å²) in [4.78, 5) is 57.8. The van der Waals surface area contributed by atoms with Gasteiger partial charge in [0.05, 0.1) is 6.04 Å². The number of aromatic hydroxyl groups is 1. The molecule has 0 spiro atoms. The Hall–Kier alpha value is -4.45. The van der Waals surface area contributed by atoms with E-state index in [0.717, 1.165) is 35.2 Å². The zero-order chi connectivity index (χ0) is 36.3. The van der Waals surface area contributed by atoms with Crippen LogP contribution in [-0.4, -0.2) is 73.8 Å². The zero-order valence-electron chi connectivity index (χ0n) is 29.8. The number of nitrogens with zero attached hydrogens (tertiary/aromatic N) is 1. The summed E-state index contributed by atoms with van der Waals surface area (Å²) in [5.74, 6) is -2.22. The lowest BCUT2D eigenvalue weighted by molar-refractivity contribution is -0.134. The molecule has 4 unspecified atom stereocenters. The fraction of sp³-hybridized carbons (Fsp3) is 0.541. The van der Waals surface area contributed by atoms with Gasteiger partial charge in [-0.3, -0.25) is 24.2 Å². The summed E-state index contributed by atoms with van der Waals surface area (Å²) in [5.41, 5.74) is 14.7. The smallest absolute Gasteiger partial charge is 0.240 e. The average Bonchev–Trinajstić information content (AvgIpc) is 3.06. The maximum Gasteiger partial charge on any atom is 0.240 e. The standard InChI is InChI=1S/C37H57N7O5/c1-6-27(16-12-18-42-37(39)41-5)35(48)43-31(23-30-24(2)19-29(45)20-25(30)3)33(46)22-28(15-10-11-17-40-4)36(49)44-32(34(38)47)21-26-13-8-7-9-14-26/h7-9,13-14,19-20,27-28,31-32,40,45H,6,10-12,15-18,21-23H2,1-5H3,(H2,38,47)(H,43,48)(H,44,49)(H3,39,41,42). The van der Waals surface area contributed by atoms with Gasteiger partial charge < -0.3 is 37.8 Å². The molecule has 12 nitrogen and oxygen atoms in total. The molecule has 0 aliphatic rings. The van der Waals surface area contributed by atoms with Gasteiger partial charge in [0.15, 0.2) is 11.7 Å². The molecule has 270 valence electrons. The van der Waals surface area contributed by atoms with Crippen molar-refractivity contribution in [2.75, 3.05) is 27.2 Å². The summed E-state index contributed by atoms with van der Waals surface area (Å²) in [6.07, 6.45) is 4.04. The van der Waals surface area contributed by atoms with Crippen LogP contribution in [0.4, 0.5) is 0 Å². The number of benzene rings is 2. The van der Waals surface area contributed by atoms with Crippen molar-refractivity contribution in [1.82, 2.24) is 21.3 Å². The van der Waals surface area contributed by atoms with Crippen LogP contribution in [0.1, 0.15) is 74.1 Å². The van der Waals surface area contributed by atoms with E-state index in [9.17, 15) is 24.3 Å². The number of unbranched alkanes of at least 4 members (excludes halogenated alkanes) is 1. The van der Waals surface area contributed by atoms with Crippen molar-refractivity contribution < 1.29 is 24.3 Å². The number of carbonyl (C=O) groups is 4. The van der Waals surface area contributed by atoms with Gasteiger partial charge in [0.2, 0.25) is 17.7 Å². The van der Waals surface area contributed by atoms with E-state index in [4.69, 9.17) is 11.5 Å². The molecule has 2 rings (SSSR count). The van der Waals surface area contributed by atoms with Gasteiger partial charge in [-0.15, -0.1) is 0 Å². The SMILES string of the molecule is CCC(CCCNC(N)=NC)C(=O)NC(Cc1c(C)cc(O)cc1C)C(=O)CC(CCCCNC)C(=O)NC(Cc1ccccc1)C(N)=O. The lowest BCUT2D eigenvalue weighted by atomic mass is 9.88. The molecule has 0 radical (unpaired) electrons. The number of ketones is 1. The number of primary amides is 1. The molecule has 0 aliphatic heterocycles. The minimum atomic E-state index is -0.943. The van der Waals surface area contributed by atoms with Crippen molar-refractivity contribution >= 4 is 29.5 Å². The number of guanidine groups is 1. The molecule has 4 atom stereocenters. The van der Waals surface area contributed by atoms with Gasteiger partial charge in [-0.1, -0.05) is 43.7 Å². The first kappa shape index (κ1) is 40.7. The summed E-state index contributed by atoms with van der Waals surface area (Å²) in [7, 11) is 3.45. The van der Waals surface area contributed by atoms with Gasteiger partial charge in [0.1, 0.15) is 11.8 Å². The largest absolute Gasteiger partial charge is 0.508 e. The number of carbonyl (C=O) groups excluding carboxylic acids is 4. The molecule has 12 heteroatoms. The van der Waals surface area contributed by atoms with Crippen LogP contribution in [0.2, 0.25) is 0 Å². The predicted molar refractivity (Wildman–Crippen MR) is 194 cm³/mol. The van der Waals surface area contributed by atoms with Crippen LogP contribution in [0.3, 0.4) is 0 Å². The number of phenolic OH excluding ortho intramolecular Hbond substituents is 1. The number of hydrogen-bond acceptors (Lipinski definition) is 7. The highest BCUT2D eigenvalue weighted by Crippen LogP contribution is 2.24. The van der Waals surface area contributed by atoms with Gasteiger partial charge in [0, 0.05) is 44.7 Å². The first-order valence-electron chi connectivity index (χ1n) is 17.3. The Morgan fingerprint density at radius 2 is 1.45 bits per heavy atom. The van der Waals surface area contributed by atoms with Crippen molar-refractivity contribution in [1.29, 1.82) is 0 Å². The Morgan fingerprint density at radius 3 is 2.04 bits per heavy atom. The van der Waals surface area contributed by atoms with Crippen LogP contribution >= 0.6 is 0 Å². The number of hydrogen-bond donors (Lipinski definition) is 7. The zero-order valence-corrected chi connectivity index (χ0v) is 29.8. The Balaban J connectivity index is 2.33. The van der Waals surface area contributed by atoms with Crippen molar-refractivity contribution in [3.05, 3.63) is 64.7 Å². The molecule has 0 aliphatic carbocycles. The second-order valence-corrected chi connectivity index (χ2v) is 12.7. The molecule has 49 heavy (non-hydrogen) atoms. The Bertz CT molecular complexity index is 1380. The molecule has 3 amide bonds. The van der Waals surface area contributed by atoms with E-state index in [1.807, 2.05) is 58.2 Å². The summed E-state index contributed by atoms with van der Waals surface area (Å²) in [6.45, 7) is 6.95. The number of amides is 3. The number of aryl methyl sites for hydroxylation is 2. The highest BCUT2D eigenvalue weighted by atomic mass is 16.3. The van der Waals surface area contributed by atoms with Crippen LogP contribution in [0.15, 0.2) is 47.5 Å². The molecule has 0 aromatic heterocycles. The van der Waals surface area contributed by atoms with E-state index < -0.39 is 29.8 Å². The molecular weight excluding hydrogens is 622 g/mol. The fourth-order valence-electron chi connectivity index (χ4n) is 5.96. The molecule has 9 N–H and O–H groups in total. The summed E-state index contributed by atoms with van der Waals surface area (Å²) in [6, 6.07) is 10.7. The highest BCUT2D eigenvalue weighted by Gasteiger charge is 2.31. The molecule has 0 heterocycles. The maximum absolute atomic E-state index is 14.2. The number of nitrogens with one attached hydrogen (secondary N) is 4. The van der Waals surface area contributed by atoms with E-state index in [2.05, 4.69) is 26.3 Å². The van der Waals surface area contributed by atoms with Gasteiger partial charge in [-0.25, -0.2) is 0 Å². The third-order valence-corrected chi connectivity index (χ3v) is 8.92. The van der Waals surface area contributed by atoms with Gasteiger partial charge in [0.25, 0.3) is 0 Å². The lowest BCUT2D eigenvalue weighted by Crippen LogP contribution is -2.49. The third-order valence-electron chi connectivity index (χ3n) is 8.92. The Morgan fingerprint density at radius 1 is 0.837 bits per heavy atom. The van der Waals surface area contributed by atoms with E-state index in [0.29, 0.717) is 44.6 Å². The third kappa shape index (κ3) is 14.3. The monoisotopic (exact) mass is 679 g/mol. The molecule has 2 aromatic rings. The van der Waals surface area contributed by atoms with Crippen LogP contribution < -0.4 is 32.7 Å². The van der Waals surface area contributed by atoms with Crippen molar-refractivity contribution in [3.63, 3.8) is 0 Å². The van der Waals surface area contributed by atoms with Crippen LogP contribution in [0, 0.1) is 25.7 Å². The van der Waals surface area contributed by atoms with E-state index in [-0.39, 0.29) is 42.6 Å². The Labute approximate surface area is 291 Å². The number of rotatable bonds is 22. The first-order valence-corrected chi connectivity index (χ1v) is 17.3. The number of Topliss-reactive ketones (excluding diaryl/α,β-unsaturated/α-hetero) is 1. The van der Waals surface area contributed by atoms with Crippen molar-refractivity contribution in [2.45, 2.75) is 90.6 Å². The minimum absolute atomic E-state index is 0.122. The second-order valence-electron chi connectivity index (χ2n) is 12.7. The molecule has 0 fully saturated rings.